The summed E-state index contributed by atoms with van der Waals surface area (Å²) in [5, 5.41) is 7.89. The molecule has 0 heterocycles. The van der Waals surface area contributed by atoms with Crippen molar-refractivity contribution >= 4 is 27.3 Å². The maximum atomic E-state index is 8.11. The number of hydrogen-bond donors (Lipinski definition) is 1. The Hall–Kier alpha value is 1.32. The first kappa shape index (κ1) is 16.2. The molecule has 1 N–H and O–H groups in total. The van der Waals surface area contributed by atoms with Crippen molar-refractivity contribution in [2.75, 3.05) is 0 Å². The first-order chi connectivity index (χ1) is 1.41. The summed E-state index contributed by atoms with van der Waals surface area (Å²) in [6.07, 6.45) is 0. The summed E-state index contributed by atoms with van der Waals surface area (Å²) >= 11 is 0. The van der Waals surface area contributed by atoms with Crippen LogP contribution in [0.5, 0.6) is 0 Å². The van der Waals surface area contributed by atoms with E-state index >= 15 is 0 Å². The van der Waals surface area contributed by atoms with Gasteiger partial charge in [-0.05, 0) is 0 Å². The van der Waals surface area contributed by atoms with E-state index in [1.807, 2.05) is 0 Å². The maximum absolute atomic E-state index is 8.11. The summed E-state index contributed by atoms with van der Waals surface area (Å²) in [6, 6.07) is 0. The third kappa shape index (κ3) is 33.6. The molecule has 0 fully saturated rings. The molecule has 0 bridgehead atoms. The van der Waals surface area contributed by atoms with Crippen molar-refractivity contribution in [1.29, 1.82) is 0 Å². The first-order valence-corrected chi connectivity index (χ1v) is 0.383. The van der Waals surface area contributed by atoms with Crippen molar-refractivity contribution in [1.82, 2.24) is 0 Å². The van der Waals surface area contributed by atoms with Crippen LogP contribution in [0.3, 0.4) is 0 Å². The minimum atomic E-state index is 0. The second kappa shape index (κ2) is 18.4. The Kier molecular flexibility index (Phi) is 59.8. The fourth-order valence-electron chi connectivity index (χ4n) is 0. The predicted molar refractivity (Wildman–Crippen MR) is 17.2 cm³/mol. The van der Waals surface area contributed by atoms with Crippen LogP contribution in [0.4, 0.5) is 0 Å². The van der Waals surface area contributed by atoms with Gasteiger partial charge in [0.25, 0.3) is 0 Å². The molecule has 0 aromatic rings. The zero-order valence-electron chi connectivity index (χ0n) is 4.01. The van der Waals surface area contributed by atoms with E-state index in [0.29, 0.717) is 0 Å². The molecule has 0 saturated heterocycles. The predicted octanol–water partition coefficient (Wildman–Crippen LogP) is -3.66. The number of nitrogens with zero attached hydrogens (tertiary/aromatic N) is 1. The molecular weight excluding hydrogens is 276 g/mol. The summed E-state index contributed by atoms with van der Waals surface area (Å²) in [4.78, 5) is 8.11. The molecule has 5 heavy (non-hydrogen) atoms. The van der Waals surface area contributed by atoms with Crippen molar-refractivity contribution in [2.45, 2.75) is 0 Å². The van der Waals surface area contributed by atoms with Crippen LogP contribution in [0.25, 0.3) is 0 Å². The minimum absolute atomic E-state index is 0. The normalized spacial score (nSPS) is 2.40. The zero-order valence-corrected chi connectivity index (χ0v) is 10.5. The van der Waals surface area contributed by atoms with Gasteiger partial charge in [0.05, 0.1) is 0 Å². The Labute approximate surface area is 73.0 Å². The van der Waals surface area contributed by atoms with Gasteiger partial charge in [0.2, 0.25) is 0 Å². The third-order valence-electron chi connectivity index (χ3n) is 0. The van der Waals surface area contributed by atoms with Crippen LogP contribution in [0, 0.1) is 4.91 Å². The second-order valence-corrected chi connectivity index (χ2v) is 0.0816. The van der Waals surface area contributed by atoms with E-state index < -0.39 is 0 Å². The average molecular weight is 280 g/mol. The standard InChI is InChI=1S/HNO2.Na.Pb.3H/c2-1-3;;;;;/h(H,2,3);;;;;/q;+1;;;;-1. The average Bonchev–Trinajstić information content (AvgIpc) is 0.918. The van der Waals surface area contributed by atoms with E-state index in [9.17, 15) is 0 Å². The van der Waals surface area contributed by atoms with Crippen LogP contribution < -0.4 is 29.6 Å². The molecule has 5 heteroatoms. The van der Waals surface area contributed by atoms with Crippen LogP contribution in [0.15, 0.2) is 5.34 Å². The Balaban J connectivity index is -0.00000000667. The van der Waals surface area contributed by atoms with Crippen LogP contribution >= 0.6 is 0 Å². The molecule has 0 aromatic heterocycles. The van der Waals surface area contributed by atoms with Gasteiger partial charge in [-0.3, -0.25) is 0 Å². The molecule has 0 aliphatic heterocycles. The van der Waals surface area contributed by atoms with Gasteiger partial charge < -0.3 is 6.63 Å². The van der Waals surface area contributed by atoms with Crippen molar-refractivity contribution in [3.8, 4) is 0 Å². The molecule has 0 rings (SSSR count). The van der Waals surface area contributed by atoms with E-state index in [-0.39, 0.29) is 58.3 Å². The molecule has 3 nitrogen and oxygen atoms in total. The van der Waals surface area contributed by atoms with Gasteiger partial charge in [0.1, 0.15) is 0 Å². The topological polar surface area (TPSA) is 49.7 Å². The molecule has 0 aromatic carbocycles. The molecule has 0 atom stereocenters. The van der Waals surface area contributed by atoms with E-state index in [4.69, 9.17) is 10.1 Å². The van der Waals surface area contributed by atoms with E-state index in [0.717, 1.165) is 0 Å². The molecule has 0 aliphatic rings. The van der Waals surface area contributed by atoms with Crippen molar-refractivity contribution in [3.63, 3.8) is 0 Å². The van der Waals surface area contributed by atoms with E-state index in [2.05, 4.69) is 0 Å². The second-order valence-electron chi connectivity index (χ2n) is 0.0816. The first-order valence-electron chi connectivity index (χ1n) is 0.383. The van der Waals surface area contributed by atoms with Crippen molar-refractivity contribution < 1.29 is 36.2 Å². The zero-order chi connectivity index (χ0) is 2.71. The van der Waals surface area contributed by atoms with Crippen LogP contribution in [-0.4, -0.2) is 32.5 Å². The quantitative estimate of drug-likeness (QED) is 0.282. The summed E-state index contributed by atoms with van der Waals surface area (Å²) in [7, 11) is 0. The number of rotatable bonds is 0. The summed E-state index contributed by atoms with van der Waals surface area (Å²) in [5.74, 6) is 0. The van der Waals surface area contributed by atoms with Crippen molar-refractivity contribution in [3.05, 3.63) is 4.91 Å². The molecule has 0 saturated carbocycles. The molecule has 26 valence electrons. The fraction of sp³-hybridized carbons (Fsp3) is 0. The van der Waals surface area contributed by atoms with Crippen LogP contribution in [-0.2, 0) is 0 Å². The number of hydrogen-bond acceptors (Lipinski definition) is 2. The summed E-state index contributed by atoms with van der Waals surface area (Å²) in [5.41, 5.74) is 0. The molecule has 0 spiro atoms. The van der Waals surface area contributed by atoms with Gasteiger partial charge in [-0.2, -0.15) is 0 Å². The van der Waals surface area contributed by atoms with Gasteiger partial charge in [0.15, 0.2) is 5.34 Å². The Morgan fingerprint density at radius 1 is 1.80 bits per heavy atom. The molecule has 2 radical (unpaired) electrons. The van der Waals surface area contributed by atoms with Crippen LogP contribution in [0.2, 0.25) is 0 Å². The molecular formula is H4NNaO2Pb. The fourth-order valence-corrected chi connectivity index (χ4v) is 0. The van der Waals surface area contributed by atoms with E-state index in [1.54, 1.807) is 0 Å². The monoisotopic (exact) mass is 281 g/mol. The Morgan fingerprint density at radius 3 is 1.80 bits per heavy atom. The van der Waals surface area contributed by atoms with Crippen molar-refractivity contribution in [2.24, 2.45) is 5.34 Å². The van der Waals surface area contributed by atoms with Gasteiger partial charge in [-0.25, -0.2) is 0 Å². The Bertz CT molecular complexity index is 21.0. The van der Waals surface area contributed by atoms with Gasteiger partial charge in [-0.15, -0.1) is 4.91 Å². The Morgan fingerprint density at radius 2 is 1.80 bits per heavy atom. The van der Waals surface area contributed by atoms with Crippen LogP contribution in [0.1, 0.15) is 1.43 Å². The molecule has 0 amide bonds. The summed E-state index contributed by atoms with van der Waals surface area (Å²) in [6.45, 7) is 0. The SMILES string of the molecule is O=NO.[H-].[Na+].[PbH2]. The molecule has 0 unspecified atom stereocenters. The van der Waals surface area contributed by atoms with Gasteiger partial charge in [0, 0.05) is 0 Å². The van der Waals surface area contributed by atoms with E-state index in [1.165, 1.54) is 5.34 Å². The summed E-state index contributed by atoms with van der Waals surface area (Å²) < 4.78 is 0. The van der Waals surface area contributed by atoms with Gasteiger partial charge in [-0.1, -0.05) is 0 Å². The molecule has 0 aliphatic carbocycles. The van der Waals surface area contributed by atoms with Gasteiger partial charge >= 0.3 is 56.9 Å². The third-order valence-corrected chi connectivity index (χ3v) is 0.